The second-order valence-corrected chi connectivity index (χ2v) is 7.35. The summed E-state index contributed by atoms with van der Waals surface area (Å²) in [4.78, 5) is 22.4. The lowest BCUT2D eigenvalue weighted by atomic mass is 10.1. The van der Waals surface area contributed by atoms with E-state index < -0.39 is 30.4 Å². The predicted molar refractivity (Wildman–Crippen MR) is 103 cm³/mol. The third-order valence-corrected chi connectivity index (χ3v) is 4.72. The fraction of sp³-hybridized carbons (Fsp3) is 0.905. The Balaban J connectivity index is 2.09. The molecule has 0 N–H and O–H groups in total. The molecule has 1 fully saturated rings. The Kier molecular flexibility index (Phi) is 13.2. The minimum Gasteiger partial charge on any atom is -0.458 e. The van der Waals surface area contributed by atoms with Crippen LogP contribution >= 0.6 is 0 Å². The van der Waals surface area contributed by atoms with Crippen molar-refractivity contribution in [2.24, 2.45) is 0 Å². The fourth-order valence-electron chi connectivity index (χ4n) is 3.30. The van der Waals surface area contributed by atoms with Crippen LogP contribution in [-0.4, -0.2) is 43.7 Å². The molecule has 1 heterocycles. The number of carbonyl (C=O) groups excluding carboxylic acids is 2. The van der Waals surface area contributed by atoms with E-state index in [2.05, 4.69) is 6.92 Å². The standard InChI is InChI=1S/C21H38O6/c1-4-5-6-7-8-9-10-11-12-13-14-24-21-15-19(26-17(2)22)20(16-25-21)27-18(3)23/h19-21H,4-16H2,1-3H3/t19-,20-,21+/m1/s1. The summed E-state index contributed by atoms with van der Waals surface area (Å²) in [5.41, 5.74) is 0. The van der Waals surface area contributed by atoms with Gasteiger partial charge in [-0.05, 0) is 6.42 Å². The molecule has 0 unspecified atom stereocenters. The van der Waals surface area contributed by atoms with Gasteiger partial charge in [0, 0.05) is 26.9 Å². The Morgan fingerprint density at radius 1 is 0.815 bits per heavy atom. The number of hydrogen-bond acceptors (Lipinski definition) is 6. The highest BCUT2D eigenvalue weighted by Gasteiger charge is 2.36. The maximum Gasteiger partial charge on any atom is 0.303 e. The minimum atomic E-state index is -0.566. The molecule has 0 aromatic carbocycles. The van der Waals surface area contributed by atoms with E-state index >= 15 is 0 Å². The molecule has 27 heavy (non-hydrogen) atoms. The normalized spacial score (nSPS) is 22.4. The molecule has 6 heteroatoms. The molecule has 1 aliphatic rings. The molecule has 1 aliphatic heterocycles. The fourth-order valence-corrected chi connectivity index (χ4v) is 3.30. The maximum atomic E-state index is 11.3. The molecule has 0 radical (unpaired) electrons. The Bertz CT molecular complexity index is 411. The second-order valence-electron chi connectivity index (χ2n) is 7.35. The number of unbranched alkanes of at least 4 members (excludes halogenated alkanes) is 9. The molecule has 0 aromatic rings. The monoisotopic (exact) mass is 386 g/mol. The van der Waals surface area contributed by atoms with Gasteiger partial charge in [-0.25, -0.2) is 0 Å². The van der Waals surface area contributed by atoms with Crippen molar-refractivity contribution in [3.05, 3.63) is 0 Å². The largest absolute Gasteiger partial charge is 0.458 e. The number of hydrogen-bond donors (Lipinski definition) is 0. The highest BCUT2D eigenvalue weighted by Crippen LogP contribution is 2.22. The van der Waals surface area contributed by atoms with Gasteiger partial charge in [0.2, 0.25) is 0 Å². The van der Waals surface area contributed by atoms with E-state index in [9.17, 15) is 9.59 Å². The average Bonchev–Trinajstić information content (AvgIpc) is 2.61. The molecule has 0 saturated carbocycles. The summed E-state index contributed by atoms with van der Waals surface area (Å²) in [6, 6.07) is 0. The highest BCUT2D eigenvalue weighted by molar-refractivity contribution is 5.67. The molecule has 6 nitrogen and oxygen atoms in total. The first-order chi connectivity index (χ1) is 13.0. The van der Waals surface area contributed by atoms with Gasteiger partial charge in [0.05, 0.1) is 6.61 Å². The Hall–Kier alpha value is -1.14. The van der Waals surface area contributed by atoms with Crippen LogP contribution < -0.4 is 0 Å². The van der Waals surface area contributed by atoms with Crippen LogP contribution in [0, 0.1) is 0 Å². The number of carbonyl (C=O) groups is 2. The predicted octanol–water partition coefficient (Wildman–Crippen LogP) is 4.53. The molecule has 0 bridgehead atoms. The molecule has 0 aliphatic carbocycles. The molecule has 0 amide bonds. The lowest BCUT2D eigenvalue weighted by Gasteiger charge is -2.34. The van der Waals surface area contributed by atoms with Gasteiger partial charge in [0.25, 0.3) is 0 Å². The lowest BCUT2D eigenvalue weighted by Crippen LogP contribution is -2.46. The molecule has 1 saturated heterocycles. The summed E-state index contributed by atoms with van der Waals surface area (Å²) >= 11 is 0. The van der Waals surface area contributed by atoms with Crippen molar-refractivity contribution in [1.29, 1.82) is 0 Å². The van der Waals surface area contributed by atoms with Crippen LogP contribution in [0.3, 0.4) is 0 Å². The molecule has 0 aromatic heterocycles. The molecule has 158 valence electrons. The highest BCUT2D eigenvalue weighted by atomic mass is 16.7. The van der Waals surface area contributed by atoms with Crippen LogP contribution in [0.5, 0.6) is 0 Å². The van der Waals surface area contributed by atoms with E-state index in [1.807, 2.05) is 0 Å². The van der Waals surface area contributed by atoms with Crippen molar-refractivity contribution >= 4 is 11.9 Å². The zero-order valence-electron chi connectivity index (χ0n) is 17.4. The van der Waals surface area contributed by atoms with Gasteiger partial charge in [-0.1, -0.05) is 64.7 Å². The maximum absolute atomic E-state index is 11.3. The van der Waals surface area contributed by atoms with Gasteiger partial charge < -0.3 is 18.9 Å². The molecule has 1 rings (SSSR count). The van der Waals surface area contributed by atoms with Gasteiger partial charge in [-0.3, -0.25) is 9.59 Å². The lowest BCUT2D eigenvalue weighted by molar-refractivity contribution is -0.231. The van der Waals surface area contributed by atoms with Crippen LogP contribution in [0.15, 0.2) is 0 Å². The van der Waals surface area contributed by atoms with E-state index in [0.717, 1.165) is 12.8 Å². The van der Waals surface area contributed by atoms with Gasteiger partial charge >= 0.3 is 11.9 Å². The van der Waals surface area contributed by atoms with E-state index in [0.29, 0.717) is 13.0 Å². The van der Waals surface area contributed by atoms with Crippen molar-refractivity contribution in [3.63, 3.8) is 0 Å². The van der Waals surface area contributed by atoms with Crippen LogP contribution in [0.1, 0.15) is 91.4 Å². The third kappa shape index (κ3) is 12.0. The Morgan fingerprint density at radius 2 is 1.33 bits per heavy atom. The van der Waals surface area contributed by atoms with Crippen molar-refractivity contribution in [1.82, 2.24) is 0 Å². The van der Waals surface area contributed by atoms with Crippen LogP contribution in [-0.2, 0) is 28.5 Å². The van der Waals surface area contributed by atoms with Gasteiger partial charge in [0.15, 0.2) is 12.4 Å². The Labute approximate surface area is 164 Å². The van der Waals surface area contributed by atoms with Gasteiger partial charge in [-0.2, -0.15) is 0 Å². The van der Waals surface area contributed by atoms with E-state index in [-0.39, 0.29) is 6.61 Å². The van der Waals surface area contributed by atoms with Gasteiger partial charge in [0.1, 0.15) is 6.10 Å². The first-order valence-electron chi connectivity index (χ1n) is 10.6. The van der Waals surface area contributed by atoms with E-state index in [1.165, 1.54) is 65.2 Å². The van der Waals surface area contributed by atoms with Crippen LogP contribution in [0.2, 0.25) is 0 Å². The summed E-state index contributed by atoms with van der Waals surface area (Å²) in [6.07, 6.45) is 11.7. The Morgan fingerprint density at radius 3 is 1.89 bits per heavy atom. The second kappa shape index (κ2) is 14.9. The van der Waals surface area contributed by atoms with E-state index in [1.54, 1.807) is 0 Å². The van der Waals surface area contributed by atoms with Crippen molar-refractivity contribution < 1.29 is 28.5 Å². The molecule has 3 atom stereocenters. The minimum absolute atomic E-state index is 0.181. The van der Waals surface area contributed by atoms with Crippen molar-refractivity contribution in [2.75, 3.05) is 13.2 Å². The van der Waals surface area contributed by atoms with Crippen molar-refractivity contribution in [2.45, 2.75) is 110 Å². The summed E-state index contributed by atoms with van der Waals surface area (Å²) in [5.74, 6) is -0.807. The van der Waals surface area contributed by atoms with E-state index in [4.69, 9.17) is 18.9 Å². The SMILES string of the molecule is CCCCCCCCCCCCO[C@@H]1C[C@@H](OC(C)=O)[C@H](OC(C)=O)CO1. The first kappa shape index (κ1) is 23.9. The summed E-state index contributed by atoms with van der Waals surface area (Å²) in [5, 5.41) is 0. The first-order valence-corrected chi connectivity index (χ1v) is 10.6. The molecular weight excluding hydrogens is 348 g/mol. The van der Waals surface area contributed by atoms with Gasteiger partial charge in [-0.15, -0.1) is 0 Å². The number of rotatable bonds is 14. The zero-order valence-corrected chi connectivity index (χ0v) is 17.4. The van der Waals surface area contributed by atoms with Crippen LogP contribution in [0.25, 0.3) is 0 Å². The third-order valence-electron chi connectivity index (χ3n) is 4.72. The molecular formula is C21H38O6. The number of esters is 2. The topological polar surface area (TPSA) is 71.1 Å². The zero-order chi connectivity index (χ0) is 19.9. The van der Waals surface area contributed by atoms with Crippen molar-refractivity contribution in [3.8, 4) is 0 Å². The molecule has 0 spiro atoms. The summed E-state index contributed by atoms with van der Waals surface area (Å²) in [7, 11) is 0. The quantitative estimate of drug-likeness (QED) is 0.322. The summed E-state index contributed by atoms with van der Waals surface area (Å²) in [6.45, 7) is 5.74. The number of ether oxygens (including phenoxy) is 4. The average molecular weight is 387 g/mol. The van der Waals surface area contributed by atoms with Crippen LogP contribution in [0.4, 0.5) is 0 Å². The summed E-state index contributed by atoms with van der Waals surface area (Å²) < 4.78 is 21.8. The smallest absolute Gasteiger partial charge is 0.303 e.